The summed E-state index contributed by atoms with van der Waals surface area (Å²) in [6.45, 7) is 5.28. The summed E-state index contributed by atoms with van der Waals surface area (Å²) < 4.78 is 16.5. The predicted octanol–water partition coefficient (Wildman–Crippen LogP) is 3.60. The van der Waals surface area contributed by atoms with E-state index in [4.69, 9.17) is 14.2 Å². The number of carbonyl (C=O) groups is 1. The molecule has 0 aliphatic carbocycles. The van der Waals surface area contributed by atoms with Crippen molar-refractivity contribution in [2.75, 3.05) is 25.1 Å². The molecular weight excluding hydrogens is 306 g/mol. The van der Waals surface area contributed by atoms with Gasteiger partial charge in [0.2, 0.25) is 0 Å². The molecule has 0 fully saturated rings. The quantitative estimate of drug-likeness (QED) is 0.911. The molecule has 0 bridgehead atoms. The third kappa shape index (κ3) is 3.98. The van der Waals surface area contributed by atoms with Gasteiger partial charge in [0, 0.05) is 11.8 Å². The summed E-state index contributed by atoms with van der Waals surface area (Å²) in [5.74, 6) is 2.26. The van der Waals surface area contributed by atoms with Gasteiger partial charge in [-0.05, 0) is 35.7 Å². The second kappa shape index (κ2) is 7.25. The lowest BCUT2D eigenvalue weighted by Gasteiger charge is -2.19. The number of anilines is 1. The zero-order chi connectivity index (χ0) is 16.9. The number of ether oxygens (including phenoxy) is 3. The first-order chi connectivity index (χ1) is 11.6. The Bertz CT molecular complexity index is 710. The van der Waals surface area contributed by atoms with E-state index in [9.17, 15) is 4.79 Å². The van der Waals surface area contributed by atoms with Crippen LogP contribution in [0.3, 0.4) is 0 Å². The fraction of sp³-hybridized carbons (Fsp3) is 0.316. The lowest BCUT2D eigenvalue weighted by atomic mass is 10.0. The van der Waals surface area contributed by atoms with E-state index in [1.807, 2.05) is 24.3 Å². The van der Waals surface area contributed by atoms with Gasteiger partial charge in [0.05, 0.1) is 0 Å². The van der Waals surface area contributed by atoms with Crippen molar-refractivity contribution in [1.29, 1.82) is 0 Å². The maximum Gasteiger partial charge on any atom is 0.262 e. The van der Waals surface area contributed by atoms with Gasteiger partial charge in [0.25, 0.3) is 5.91 Å². The highest BCUT2D eigenvalue weighted by molar-refractivity contribution is 5.92. The highest BCUT2D eigenvalue weighted by Crippen LogP contribution is 2.32. The second-order valence-corrected chi connectivity index (χ2v) is 5.92. The molecule has 5 heteroatoms. The van der Waals surface area contributed by atoms with Gasteiger partial charge in [-0.1, -0.05) is 26.0 Å². The van der Waals surface area contributed by atoms with Crippen molar-refractivity contribution in [3.63, 3.8) is 0 Å². The van der Waals surface area contributed by atoms with Crippen molar-refractivity contribution in [3.05, 3.63) is 48.0 Å². The topological polar surface area (TPSA) is 56.8 Å². The van der Waals surface area contributed by atoms with Crippen LogP contribution >= 0.6 is 0 Å². The van der Waals surface area contributed by atoms with E-state index >= 15 is 0 Å². The van der Waals surface area contributed by atoms with Crippen LogP contribution in [0.2, 0.25) is 0 Å². The molecule has 0 unspecified atom stereocenters. The molecule has 0 aromatic heterocycles. The molecule has 1 N–H and O–H groups in total. The van der Waals surface area contributed by atoms with Gasteiger partial charge in [-0.2, -0.15) is 0 Å². The van der Waals surface area contributed by atoms with Crippen LogP contribution in [0, 0.1) is 0 Å². The SMILES string of the molecule is CC(C)c1ccc(OCC(=O)Nc2ccc3c(c2)OCCO3)cc1. The van der Waals surface area contributed by atoms with E-state index < -0.39 is 0 Å². The molecule has 2 aromatic rings. The number of carbonyl (C=O) groups excluding carboxylic acids is 1. The minimum Gasteiger partial charge on any atom is -0.486 e. The fourth-order valence-electron chi connectivity index (χ4n) is 2.42. The van der Waals surface area contributed by atoms with Crippen molar-refractivity contribution in [2.45, 2.75) is 19.8 Å². The van der Waals surface area contributed by atoms with Crippen LogP contribution in [-0.2, 0) is 4.79 Å². The Morgan fingerprint density at radius 2 is 1.79 bits per heavy atom. The Balaban J connectivity index is 1.54. The third-order valence-corrected chi connectivity index (χ3v) is 3.74. The van der Waals surface area contributed by atoms with Gasteiger partial charge in [-0.25, -0.2) is 0 Å². The van der Waals surface area contributed by atoms with Gasteiger partial charge < -0.3 is 19.5 Å². The molecule has 0 saturated carbocycles. The minimum absolute atomic E-state index is 0.0462. The van der Waals surface area contributed by atoms with Gasteiger partial charge in [0.1, 0.15) is 19.0 Å². The van der Waals surface area contributed by atoms with Crippen molar-refractivity contribution in [1.82, 2.24) is 0 Å². The minimum atomic E-state index is -0.223. The van der Waals surface area contributed by atoms with Gasteiger partial charge in [-0.3, -0.25) is 4.79 Å². The Kier molecular flexibility index (Phi) is 4.89. The number of rotatable bonds is 5. The Hall–Kier alpha value is -2.69. The number of fused-ring (bicyclic) bond motifs is 1. The number of hydrogen-bond acceptors (Lipinski definition) is 4. The summed E-state index contributed by atoms with van der Waals surface area (Å²) in [5, 5.41) is 2.79. The van der Waals surface area contributed by atoms with Crippen molar-refractivity contribution in [2.24, 2.45) is 0 Å². The van der Waals surface area contributed by atoms with E-state index in [1.54, 1.807) is 18.2 Å². The molecule has 2 aromatic carbocycles. The average Bonchev–Trinajstić information content (AvgIpc) is 2.60. The molecular formula is C19H21NO4. The zero-order valence-corrected chi connectivity index (χ0v) is 13.9. The van der Waals surface area contributed by atoms with E-state index in [2.05, 4.69) is 19.2 Å². The molecule has 0 saturated heterocycles. The van der Waals surface area contributed by atoms with E-state index in [-0.39, 0.29) is 12.5 Å². The largest absolute Gasteiger partial charge is 0.486 e. The van der Waals surface area contributed by atoms with Crippen LogP contribution in [0.1, 0.15) is 25.3 Å². The lowest BCUT2D eigenvalue weighted by Crippen LogP contribution is -2.20. The van der Waals surface area contributed by atoms with Crippen LogP contribution in [0.25, 0.3) is 0 Å². The highest BCUT2D eigenvalue weighted by Gasteiger charge is 2.13. The highest BCUT2D eigenvalue weighted by atomic mass is 16.6. The Morgan fingerprint density at radius 3 is 2.50 bits per heavy atom. The fourth-order valence-corrected chi connectivity index (χ4v) is 2.42. The molecule has 3 rings (SSSR count). The number of amides is 1. The first kappa shape index (κ1) is 16.2. The van der Waals surface area contributed by atoms with Gasteiger partial charge in [0.15, 0.2) is 18.1 Å². The molecule has 5 nitrogen and oxygen atoms in total. The lowest BCUT2D eigenvalue weighted by molar-refractivity contribution is -0.118. The first-order valence-electron chi connectivity index (χ1n) is 8.04. The van der Waals surface area contributed by atoms with E-state index in [1.165, 1.54) is 5.56 Å². The predicted molar refractivity (Wildman–Crippen MR) is 92.1 cm³/mol. The monoisotopic (exact) mass is 327 g/mol. The van der Waals surface area contributed by atoms with Crippen LogP contribution in [-0.4, -0.2) is 25.7 Å². The smallest absolute Gasteiger partial charge is 0.262 e. The van der Waals surface area contributed by atoms with Crippen LogP contribution in [0.4, 0.5) is 5.69 Å². The number of benzene rings is 2. The molecule has 1 amide bonds. The summed E-state index contributed by atoms with van der Waals surface area (Å²) >= 11 is 0. The molecule has 0 radical (unpaired) electrons. The Morgan fingerprint density at radius 1 is 1.08 bits per heavy atom. The zero-order valence-electron chi connectivity index (χ0n) is 13.9. The summed E-state index contributed by atoms with van der Waals surface area (Å²) in [4.78, 5) is 12.0. The number of nitrogens with one attached hydrogen (secondary N) is 1. The van der Waals surface area contributed by atoms with E-state index in [0.29, 0.717) is 42.1 Å². The molecule has 24 heavy (non-hydrogen) atoms. The molecule has 1 heterocycles. The Labute approximate surface area is 141 Å². The standard InChI is InChI=1S/C19H21NO4/c1-13(2)14-3-6-16(7-4-14)24-12-19(21)20-15-5-8-17-18(11-15)23-10-9-22-17/h3-8,11,13H,9-10,12H2,1-2H3,(H,20,21). The average molecular weight is 327 g/mol. The second-order valence-electron chi connectivity index (χ2n) is 5.92. The van der Waals surface area contributed by atoms with Crippen molar-refractivity contribution >= 4 is 11.6 Å². The van der Waals surface area contributed by atoms with Crippen LogP contribution < -0.4 is 19.5 Å². The van der Waals surface area contributed by atoms with Gasteiger partial charge >= 0.3 is 0 Å². The molecule has 1 aliphatic rings. The van der Waals surface area contributed by atoms with Crippen LogP contribution in [0.15, 0.2) is 42.5 Å². The summed E-state index contributed by atoms with van der Waals surface area (Å²) in [7, 11) is 0. The normalized spacial score (nSPS) is 12.8. The summed E-state index contributed by atoms with van der Waals surface area (Å²) in [6.07, 6.45) is 0. The number of hydrogen-bond donors (Lipinski definition) is 1. The van der Waals surface area contributed by atoms with Gasteiger partial charge in [-0.15, -0.1) is 0 Å². The third-order valence-electron chi connectivity index (χ3n) is 3.74. The maximum absolute atomic E-state index is 12.0. The van der Waals surface area contributed by atoms with Crippen LogP contribution in [0.5, 0.6) is 17.2 Å². The summed E-state index contributed by atoms with van der Waals surface area (Å²) in [6, 6.07) is 13.1. The molecule has 0 atom stereocenters. The summed E-state index contributed by atoms with van der Waals surface area (Å²) in [5.41, 5.74) is 1.89. The van der Waals surface area contributed by atoms with E-state index in [0.717, 1.165) is 0 Å². The molecule has 1 aliphatic heterocycles. The molecule has 126 valence electrons. The maximum atomic E-state index is 12.0. The molecule has 0 spiro atoms. The van der Waals surface area contributed by atoms with Crippen molar-refractivity contribution in [3.8, 4) is 17.2 Å². The van der Waals surface area contributed by atoms with Crippen molar-refractivity contribution < 1.29 is 19.0 Å². The first-order valence-corrected chi connectivity index (χ1v) is 8.04.